The van der Waals surface area contributed by atoms with Crippen molar-refractivity contribution in [2.24, 2.45) is 0 Å². The van der Waals surface area contributed by atoms with E-state index in [0.29, 0.717) is 4.90 Å². The van der Waals surface area contributed by atoms with Crippen LogP contribution in [-0.4, -0.2) is 78.8 Å². The fourth-order valence-electron chi connectivity index (χ4n) is 2.58. The maximum atomic E-state index is 14.2. The first-order valence-corrected chi connectivity index (χ1v) is 12.0. The molecular formula is C19H24F10NO7S-. The van der Waals surface area contributed by atoms with Gasteiger partial charge in [-0.3, -0.25) is 4.79 Å². The fraction of sp³-hybridized carbons (Fsp3) is 0.789. The van der Waals surface area contributed by atoms with Crippen molar-refractivity contribution >= 4 is 22.0 Å². The summed E-state index contributed by atoms with van der Waals surface area (Å²) < 4.78 is 174. The molecule has 0 bridgehead atoms. The Labute approximate surface area is 210 Å². The molecule has 0 spiro atoms. The molecule has 19 heteroatoms. The molecule has 1 unspecified atom stereocenters. The minimum atomic E-state index is -7.06. The molecule has 0 aromatic rings. The van der Waals surface area contributed by atoms with Crippen LogP contribution in [0.5, 0.6) is 0 Å². The van der Waals surface area contributed by atoms with Crippen molar-refractivity contribution < 1.29 is 75.9 Å². The van der Waals surface area contributed by atoms with Gasteiger partial charge in [-0.2, -0.15) is 43.9 Å². The Morgan fingerprint density at radius 3 is 1.68 bits per heavy atom. The van der Waals surface area contributed by atoms with E-state index in [1.807, 2.05) is 0 Å². The van der Waals surface area contributed by atoms with E-state index >= 15 is 0 Å². The molecule has 0 fully saturated rings. The Balaban J connectivity index is 6.66. The molecule has 0 aliphatic heterocycles. The first-order valence-electron chi connectivity index (χ1n) is 10.6. The van der Waals surface area contributed by atoms with E-state index in [1.54, 1.807) is 0 Å². The Morgan fingerprint density at radius 2 is 1.34 bits per heavy atom. The molecule has 0 N–H and O–H groups in total. The van der Waals surface area contributed by atoms with Gasteiger partial charge in [-0.25, -0.2) is 13.2 Å². The lowest BCUT2D eigenvalue weighted by Gasteiger charge is -2.38. The van der Waals surface area contributed by atoms with E-state index in [4.69, 9.17) is 0 Å². The number of nitrogens with zero attached hydrogens (tertiary/aromatic N) is 1. The minimum Gasteiger partial charge on any atom is -0.743 e. The number of esters is 1. The number of ether oxygens (including phenoxy) is 2. The van der Waals surface area contributed by atoms with Crippen molar-refractivity contribution in [2.45, 2.75) is 75.3 Å². The minimum absolute atomic E-state index is 0.0122. The van der Waals surface area contributed by atoms with Gasteiger partial charge >= 0.3 is 41.2 Å². The number of hydrogen-bond acceptors (Lipinski definition) is 7. The average molecular weight is 600 g/mol. The number of rotatable bonds is 15. The van der Waals surface area contributed by atoms with Gasteiger partial charge < -0.3 is 18.9 Å². The van der Waals surface area contributed by atoms with Gasteiger partial charge in [0.15, 0.2) is 10.1 Å². The number of carbonyl (C=O) groups is 2. The van der Waals surface area contributed by atoms with Crippen LogP contribution in [0.25, 0.3) is 0 Å². The predicted molar refractivity (Wildman–Crippen MR) is 107 cm³/mol. The van der Waals surface area contributed by atoms with Crippen LogP contribution in [-0.2, 0) is 29.2 Å². The van der Waals surface area contributed by atoms with Crippen molar-refractivity contribution in [3.8, 4) is 0 Å². The highest BCUT2D eigenvalue weighted by atomic mass is 32.2. The largest absolute Gasteiger partial charge is 0.743 e. The Hall–Kier alpha value is -2.15. The third-order valence-corrected chi connectivity index (χ3v) is 5.72. The molecule has 0 rings (SSSR count). The Morgan fingerprint density at radius 1 is 0.895 bits per heavy atom. The normalized spacial score (nSPS) is 15.1. The molecule has 0 aromatic carbocycles. The van der Waals surface area contributed by atoms with E-state index in [0.717, 1.165) is 0 Å². The van der Waals surface area contributed by atoms with E-state index in [2.05, 4.69) is 16.1 Å². The summed E-state index contributed by atoms with van der Waals surface area (Å²) in [6.45, 7) is 1.93. The summed E-state index contributed by atoms with van der Waals surface area (Å²) in [4.78, 5) is 25.2. The molecule has 8 nitrogen and oxygen atoms in total. The second-order valence-electron chi connectivity index (χ2n) is 7.75. The third kappa shape index (κ3) is 8.42. The van der Waals surface area contributed by atoms with Crippen LogP contribution in [0.4, 0.5) is 43.9 Å². The summed E-state index contributed by atoms with van der Waals surface area (Å²) in [5.74, 6) is -16.2. The molecule has 1 atom stereocenters. The predicted octanol–water partition coefficient (Wildman–Crippen LogP) is 4.52. The molecule has 0 radical (unpaired) electrons. The van der Waals surface area contributed by atoms with Gasteiger partial charge in [0.1, 0.15) is 5.57 Å². The first kappa shape index (κ1) is 35.9. The summed E-state index contributed by atoms with van der Waals surface area (Å²) in [6, 6.07) is 0. The second kappa shape index (κ2) is 12.8. The maximum Gasteiger partial charge on any atom is 0.466 e. The summed E-state index contributed by atoms with van der Waals surface area (Å²) in [5.41, 5.74) is -2.56. The van der Waals surface area contributed by atoms with Crippen molar-refractivity contribution in [3.63, 3.8) is 0 Å². The quantitative estimate of drug-likeness (QED) is 0.0894. The molecule has 224 valence electrons. The van der Waals surface area contributed by atoms with Gasteiger partial charge in [0.2, 0.25) is 0 Å². The van der Waals surface area contributed by atoms with E-state index in [9.17, 15) is 66.5 Å². The van der Waals surface area contributed by atoms with Crippen molar-refractivity contribution in [3.05, 3.63) is 12.2 Å². The summed E-state index contributed by atoms with van der Waals surface area (Å²) in [5, 5.41) is -6.36. The van der Waals surface area contributed by atoms with Gasteiger partial charge in [0, 0.05) is 19.5 Å². The molecule has 0 aliphatic rings. The number of carbonyl (C=O) groups excluding carboxylic acids is 2. The van der Waals surface area contributed by atoms with E-state index in [-0.39, 0.29) is 25.7 Å². The van der Waals surface area contributed by atoms with Gasteiger partial charge in [-0.15, -0.1) is 0 Å². The zero-order chi connectivity index (χ0) is 30.4. The highest BCUT2D eigenvalue weighted by Gasteiger charge is 2.69. The van der Waals surface area contributed by atoms with Crippen molar-refractivity contribution in [1.82, 2.24) is 4.90 Å². The van der Waals surface area contributed by atoms with Gasteiger partial charge in [0.05, 0.1) is 6.61 Å². The van der Waals surface area contributed by atoms with Crippen LogP contribution in [0.3, 0.4) is 0 Å². The zero-order valence-electron chi connectivity index (χ0n) is 19.9. The zero-order valence-corrected chi connectivity index (χ0v) is 20.7. The lowest BCUT2D eigenvalue weighted by molar-refractivity contribution is -0.353. The van der Waals surface area contributed by atoms with Crippen molar-refractivity contribution in [2.75, 3.05) is 19.7 Å². The summed E-state index contributed by atoms with van der Waals surface area (Å²) in [7, 11) is -7.06. The average Bonchev–Trinajstić information content (AvgIpc) is 2.74. The number of amides is 1. The summed E-state index contributed by atoms with van der Waals surface area (Å²) >= 11 is 0. The number of alkyl halides is 10. The van der Waals surface area contributed by atoms with E-state index < -0.39 is 83.0 Å². The first-order chi connectivity index (χ1) is 16.9. The molecule has 0 aliphatic carbocycles. The smallest absolute Gasteiger partial charge is 0.466 e. The van der Waals surface area contributed by atoms with Crippen LogP contribution in [0, 0.1) is 0 Å². The lowest BCUT2D eigenvalue weighted by Crippen LogP contribution is -2.63. The maximum absolute atomic E-state index is 14.2. The number of halogens is 10. The highest BCUT2D eigenvalue weighted by molar-refractivity contribution is 7.86. The fourth-order valence-corrected chi connectivity index (χ4v) is 3.04. The van der Waals surface area contributed by atoms with Gasteiger partial charge in [-0.05, 0) is 12.8 Å². The molecule has 1 amide bonds. The van der Waals surface area contributed by atoms with Crippen LogP contribution in [0.2, 0.25) is 0 Å². The van der Waals surface area contributed by atoms with Crippen LogP contribution < -0.4 is 0 Å². The third-order valence-electron chi connectivity index (χ3n) is 4.79. The van der Waals surface area contributed by atoms with Gasteiger partial charge in [0.25, 0.3) is 0 Å². The number of hydrogen-bond donors (Lipinski definition) is 0. The molecule has 0 heterocycles. The second-order valence-corrected chi connectivity index (χ2v) is 9.17. The Kier molecular flexibility index (Phi) is 12.1. The van der Waals surface area contributed by atoms with Gasteiger partial charge in [-0.1, -0.05) is 33.3 Å². The van der Waals surface area contributed by atoms with Crippen LogP contribution in [0.1, 0.15) is 46.0 Å². The van der Waals surface area contributed by atoms with E-state index in [1.165, 1.54) is 13.8 Å². The Bertz CT molecular complexity index is 943. The molecule has 0 aromatic heterocycles. The van der Waals surface area contributed by atoms with Crippen molar-refractivity contribution in [1.29, 1.82) is 0 Å². The topological polar surface area (TPSA) is 113 Å². The summed E-state index contributed by atoms with van der Waals surface area (Å²) in [6.07, 6.45) is -14.1. The molecule has 0 saturated carbocycles. The number of unbranched alkanes of at least 4 members (excludes halogenated alkanes) is 2. The molecule has 38 heavy (non-hydrogen) atoms. The highest BCUT2D eigenvalue weighted by Crippen LogP contribution is 2.43. The van der Waals surface area contributed by atoms with Crippen LogP contribution >= 0.6 is 0 Å². The SMILES string of the molecule is C=C(C(=O)OC(OCCC(F)(F)C(F)(F)S(=O)(=O)[O-])(C(=O)N(CCCC)CCCC)C(F)(F)F)C(F)(F)F. The van der Waals surface area contributed by atoms with Crippen LogP contribution in [0.15, 0.2) is 12.2 Å². The monoisotopic (exact) mass is 600 g/mol. The standard InChI is InChI=1S/C19H25F10NO7S/c1-4-6-9-30(10-7-5-2)14(32)16(18(25,26)27,37-13(31)12(3)17(22,23)24)36-11-8-15(20,21)19(28,29)38(33,34)35/h3-11H2,1-2H3,(H,33,34,35)/p-1. The molecular weight excluding hydrogens is 576 g/mol. The molecule has 0 saturated heterocycles. The lowest BCUT2D eigenvalue weighted by atomic mass is 10.1.